The van der Waals surface area contributed by atoms with E-state index in [0.717, 1.165) is 18.2 Å². The van der Waals surface area contributed by atoms with Gasteiger partial charge in [0.05, 0.1) is 29.0 Å². The summed E-state index contributed by atoms with van der Waals surface area (Å²) >= 11 is 5.86. The highest BCUT2D eigenvalue weighted by molar-refractivity contribution is 6.33. The van der Waals surface area contributed by atoms with Crippen molar-refractivity contribution in [3.05, 3.63) is 40.3 Å². The van der Waals surface area contributed by atoms with Gasteiger partial charge in [-0.3, -0.25) is 0 Å². The molecule has 0 unspecified atom stereocenters. The minimum Gasteiger partial charge on any atom is -0.463 e. The second kappa shape index (κ2) is 9.76. The molecular formula is C17H20ClFN2O5. The lowest BCUT2D eigenvalue weighted by Crippen LogP contribution is -2.28. The highest BCUT2D eigenvalue weighted by Gasteiger charge is 2.18. The molecule has 0 aliphatic rings. The van der Waals surface area contributed by atoms with Crippen molar-refractivity contribution in [3.63, 3.8) is 0 Å². The maximum absolute atomic E-state index is 14.0. The van der Waals surface area contributed by atoms with Gasteiger partial charge in [0.2, 0.25) is 0 Å². The van der Waals surface area contributed by atoms with E-state index in [2.05, 4.69) is 10.6 Å². The van der Waals surface area contributed by atoms with Gasteiger partial charge in [-0.25, -0.2) is 18.8 Å². The van der Waals surface area contributed by atoms with E-state index in [1.165, 1.54) is 6.92 Å². The molecule has 0 aliphatic heterocycles. The number of benzene rings is 1. The van der Waals surface area contributed by atoms with Crippen molar-refractivity contribution in [2.24, 2.45) is 0 Å². The number of carbonyl (C=O) groups excluding carboxylic acids is 3. The lowest BCUT2D eigenvalue weighted by Gasteiger charge is -2.13. The normalized spacial score (nSPS) is 11.1. The molecule has 1 rings (SSSR count). The van der Waals surface area contributed by atoms with E-state index in [1.54, 1.807) is 20.8 Å². The Morgan fingerprint density at radius 1 is 1.31 bits per heavy atom. The molecule has 26 heavy (non-hydrogen) atoms. The van der Waals surface area contributed by atoms with Crippen molar-refractivity contribution in [1.29, 1.82) is 0 Å². The third-order valence-corrected chi connectivity index (χ3v) is 3.11. The Labute approximate surface area is 155 Å². The number of urea groups is 1. The number of halogens is 2. The highest BCUT2D eigenvalue weighted by atomic mass is 35.5. The fourth-order valence-electron chi connectivity index (χ4n) is 1.81. The molecular weight excluding hydrogens is 367 g/mol. The van der Waals surface area contributed by atoms with E-state index in [9.17, 15) is 18.8 Å². The monoisotopic (exact) mass is 386 g/mol. The zero-order chi connectivity index (χ0) is 19.9. The maximum Gasteiger partial charge on any atom is 0.339 e. The quantitative estimate of drug-likeness (QED) is 0.575. The standard InChI is InChI=1S/C17H20ClFN2O5/c1-5-25-15(22)6-10(4)20-17(24)21-14-7-11(12(18)8-13(14)19)16(23)26-9(2)3/h6-9H,5H2,1-4H3,(H2,20,21,24)/b10-6+. The Morgan fingerprint density at radius 2 is 1.96 bits per heavy atom. The first-order chi connectivity index (χ1) is 12.1. The summed E-state index contributed by atoms with van der Waals surface area (Å²) in [6.45, 7) is 6.60. The first-order valence-corrected chi connectivity index (χ1v) is 8.14. The second-order valence-corrected chi connectivity index (χ2v) is 5.83. The van der Waals surface area contributed by atoms with Gasteiger partial charge in [-0.1, -0.05) is 11.6 Å². The molecule has 1 aromatic carbocycles. The number of hydrogen-bond acceptors (Lipinski definition) is 5. The summed E-state index contributed by atoms with van der Waals surface area (Å²) in [6.07, 6.45) is 0.686. The van der Waals surface area contributed by atoms with Gasteiger partial charge in [-0.15, -0.1) is 0 Å². The Bertz CT molecular complexity index is 734. The van der Waals surface area contributed by atoms with Gasteiger partial charge in [-0.05, 0) is 39.8 Å². The number of esters is 2. The summed E-state index contributed by atoms with van der Waals surface area (Å²) < 4.78 is 23.7. The van der Waals surface area contributed by atoms with Crippen LogP contribution >= 0.6 is 11.6 Å². The van der Waals surface area contributed by atoms with Crippen LogP contribution in [0.4, 0.5) is 14.9 Å². The number of allylic oxidation sites excluding steroid dienone is 1. The van der Waals surface area contributed by atoms with Crippen molar-refractivity contribution in [2.75, 3.05) is 11.9 Å². The van der Waals surface area contributed by atoms with Crippen LogP contribution in [0.25, 0.3) is 0 Å². The molecule has 1 aromatic rings. The Morgan fingerprint density at radius 3 is 2.54 bits per heavy atom. The molecule has 0 fully saturated rings. The number of ether oxygens (including phenoxy) is 2. The molecule has 0 spiro atoms. The number of carbonyl (C=O) groups is 3. The molecule has 0 aliphatic carbocycles. The van der Waals surface area contributed by atoms with Crippen LogP contribution in [0.2, 0.25) is 5.02 Å². The van der Waals surface area contributed by atoms with Gasteiger partial charge >= 0.3 is 18.0 Å². The largest absolute Gasteiger partial charge is 0.463 e. The van der Waals surface area contributed by atoms with Gasteiger partial charge < -0.3 is 20.1 Å². The average Bonchev–Trinajstić information content (AvgIpc) is 2.48. The van der Waals surface area contributed by atoms with Crippen molar-refractivity contribution in [1.82, 2.24) is 5.32 Å². The molecule has 0 saturated heterocycles. The molecule has 0 aromatic heterocycles. The van der Waals surface area contributed by atoms with Crippen LogP contribution in [0.15, 0.2) is 23.9 Å². The predicted molar refractivity (Wildman–Crippen MR) is 94.5 cm³/mol. The summed E-state index contributed by atoms with van der Waals surface area (Å²) in [6, 6.07) is 1.16. The van der Waals surface area contributed by atoms with Crippen molar-refractivity contribution >= 4 is 35.3 Å². The zero-order valence-electron chi connectivity index (χ0n) is 14.8. The van der Waals surface area contributed by atoms with E-state index < -0.39 is 23.8 Å². The van der Waals surface area contributed by atoms with Crippen LogP contribution in [0.3, 0.4) is 0 Å². The summed E-state index contributed by atoms with van der Waals surface area (Å²) in [5.74, 6) is -2.20. The number of rotatable bonds is 6. The van der Waals surface area contributed by atoms with E-state index in [-0.39, 0.29) is 34.7 Å². The van der Waals surface area contributed by atoms with Crippen LogP contribution in [-0.2, 0) is 14.3 Å². The van der Waals surface area contributed by atoms with Gasteiger partial charge in [0.15, 0.2) is 0 Å². The highest BCUT2D eigenvalue weighted by Crippen LogP contribution is 2.25. The molecule has 0 saturated carbocycles. The van der Waals surface area contributed by atoms with Crippen LogP contribution in [0.1, 0.15) is 38.1 Å². The van der Waals surface area contributed by atoms with Gasteiger partial charge in [-0.2, -0.15) is 0 Å². The summed E-state index contributed by atoms with van der Waals surface area (Å²) in [5, 5.41) is 4.43. The number of anilines is 1. The average molecular weight is 387 g/mol. The maximum atomic E-state index is 14.0. The fourth-order valence-corrected chi connectivity index (χ4v) is 2.04. The molecule has 0 heterocycles. The summed E-state index contributed by atoms with van der Waals surface area (Å²) in [5.41, 5.74) is -0.169. The third kappa shape index (κ3) is 6.72. The Hall–Kier alpha value is -2.61. The van der Waals surface area contributed by atoms with Crippen LogP contribution in [0.5, 0.6) is 0 Å². The van der Waals surface area contributed by atoms with Crippen molar-refractivity contribution in [3.8, 4) is 0 Å². The molecule has 0 atom stereocenters. The molecule has 0 radical (unpaired) electrons. The molecule has 142 valence electrons. The van der Waals surface area contributed by atoms with E-state index in [1.807, 2.05) is 0 Å². The van der Waals surface area contributed by atoms with E-state index >= 15 is 0 Å². The van der Waals surface area contributed by atoms with Crippen LogP contribution < -0.4 is 10.6 Å². The molecule has 0 bridgehead atoms. The number of hydrogen-bond donors (Lipinski definition) is 2. The summed E-state index contributed by atoms with van der Waals surface area (Å²) in [7, 11) is 0. The first-order valence-electron chi connectivity index (χ1n) is 7.77. The van der Waals surface area contributed by atoms with E-state index in [0.29, 0.717) is 0 Å². The van der Waals surface area contributed by atoms with Gasteiger partial charge in [0.25, 0.3) is 0 Å². The van der Waals surface area contributed by atoms with Crippen LogP contribution in [0, 0.1) is 5.82 Å². The Balaban J connectivity index is 2.90. The molecule has 7 nitrogen and oxygen atoms in total. The number of nitrogens with one attached hydrogen (secondary N) is 2. The summed E-state index contributed by atoms with van der Waals surface area (Å²) in [4.78, 5) is 35.2. The second-order valence-electron chi connectivity index (χ2n) is 5.42. The first kappa shape index (κ1) is 21.4. The Kier molecular flexibility index (Phi) is 8.05. The lowest BCUT2D eigenvalue weighted by atomic mass is 10.2. The topological polar surface area (TPSA) is 93.7 Å². The number of amides is 2. The lowest BCUT2D eigenvalue weighted by molar-refractivity contribution is -0.137. The molecule has 2 amide bonds. The minimum atomic E-state index is -0.835. The SMILES string of the molecule is CCOC(=O)/C=C(\C)NC(=O)Nc1cc(C(=O)OC(C)C)c(Cl)cc1F. The fraction of sp³-hybridized carbons (Fsp3) is 0.353. The molecule has 9 heteroatoms. The van der Waals surface area contributed by atoms with Crippen LogP contribution in [-0.4, -0.2) is 30.7 Å². The van der Waals surface area contributed by atoms with Crippen molar-refractivity contribution < 1.29 is 28.2 Å². The van der Waals surface area contributed by atoms with Gasteiger partial charge in [0.1, 0.15) is 5.82 Å². The third-order valence-electron chi connectivity index (χ3n) is 2.80. The van der Waals surface area contributed by atoms with Gasteiger partial charge in [0, 0.05) is 11.8 Å². The van der Waals surface area contributed by atoms with Crippen molar-refractivity contribution in [2.45, 2.75) is 33.8 Å². The minimum absolute atomic E-state index is 0.0872. The van der Waals surface area contributed by atoms with E-state index in [4.69, 9.17) is 21.1 Å². The predicted octanol–water partition coefficient (Wildman–Crippen LogP) is 3.63. The smallest absolute Gasteiger partial charge is 0.339 e. The molecule has 2 N–H and O–H groups in total. The zero-order valence-corrected chi connectivity index (χ0v) is 15.6.